The molecule has 2 N–H and O–H groups in total. The first-order valence-corrected chi connectivity index (χ1v) is 6.23. The monoisotopic (exact) mass is 250 g/mol. The minimum Gasteiger partial charge on any atom is -0.383 e. The summed E-state index contributed by atoms with van der Waals surface area (Å²) in [5, 5.41) is 2.83. The number of carbonyl (C=O) groups excluding carboxylic acids is 1. The zero-order valence-electron chi connectivity index (χ0n) is 9.82. The summed E-state index contributed by atoms with van der Waals surface area (Å²) in [6, 6.07) is 0. The maximum Gasteiger partial charge on any atom is 0.165 e. The molecule has 5 heteroatoms. The van der Waals surface area contributed by atoms with Crippen LogP contribution in [0.4, 0.5) is 5.82 Å². The minimum absolute atomic E-state index is 0.0910. The number of Topliss-reactive ketones (excluding diaryl/α,β-unsaturated/α-hetero) is 1. The van der Waals surface area contributed by atoms with E-state index in [1.165, 1.54) is 11.3 Å². The fourth-order valence-electron chi connectivity index (χ4n) is 1.78. The van der Waals surface area contributed by atoms with Crippen LogP contribution in [0, 0.1) is 0 Å². The molecule has 0 atom stereocenters. The van der Waals surface area contributed by atoms with Gasteiger partial charge < -0.3 is 10.5 Å². The number of rotatable bonds is 4. The number of nitrogens with two attached hydrogens (primary N) is 1. The summed E-state index contributed by atoms with van der Waals surface area (Å²) in [6.45, 7) is 2.32. The van der Waals surface area contributed by atoms with E-state index in [-0.39, 0.29) is 5.78 Å². The lowest BCUT2D eigenvalue weighted by Gasteiger charge is -2.04. The summed E-state index contributed by atoms with van der Waals surface area (Å²) < 4.78 is 6.03. The molecule has 0 aromatic carbocycles. The molecule has 0 bridgehead atoms. The Morgan fingerprint density at radius 1 is 1.59 bits per heavy atom. The van der Waals surface area contributed by atoms with Crippen molar-refractivity contribution in [1.29, 1.82) is 0 Å². The first-order chi connectivity index (χ1) is 8.19. The Kier molecular flexibility index (Phi) is 3.40. The number of anilines is 1. The smallest absolute Gasteiger partial charge is 0.165 e. The Labute approximate surface area is 103 Å². The van der Waals surface area contributed by atoms with Gasteiger partial charge in [-0.3, -0.25) is 4.79 Å². The highest BCUT2D eigenvalue weighted by atomic mass is 32.1. The minimum atomic E-state index is 0.0910. The van der Waals surface area contributed by atoms with Crippen molar-refractivity contribution in [2.24, 2.45) is 0 Å². The van der Waals surface area contributed by atoms with Crippen molar-refractivity contribution >= 4 is 33.0 Å². The highest BCUT2D eigenvalue weighted by molar-refractivity contribution is 7.17. The molecule has 0 saturated heterocycles. The maximum absolute atomic E-state index is 11.8. The molecule has 0 amide bonds. The van der Waals surface area contributed by atoms with Crippen molar-refractivity contribution in [2.75, 3.05) is 12.8 Å². The number of hydrogen-bond acceptors (Lipinski definition) is 5. The van der Waals surface area contributed by atoms with Gasteiger partial charge in [-0.05, 0) is 10.9 Å². The van der Waals surface area contributed by atoms with E-state index in [0.717, 1.165) is 15.6 Å². The van der Waals surface area contributed by atoms with E-state index in [2.05, 4.69) is 4.98 Å². The van der Waals surface area contributed by atoms with Crippen LogP contribution in [0.5, 0.6) is 0 Å². The van der Waals surface area contributed by atoms with E-state index in [9.17, 15) is 4.79 Å². The zero-order chi connectivity index (χ0) is 12.4. The number of ketones is 1. The Balaban J connectivity index is 2.67. The van der Waals surface area contributed by atoms with Crippen molar-refractivity contribution in [1.82, 2.24) is 4.98 Å². The van der Waals surface area contributed by atoms with E-state index in [4.69, 9.17) is 10.5 Å². The molecular formula is C12H14N2O2S. The Bertz CT molecular complexity index is 563. The molecule has 0 radical (unpaired) electrons. The average Bonchev–Trinajstić information content (AvgIpc) is 2.74. The van der Waals surface area contributed by atoms with E-state index in [1.54, 1.807) is 13.3 Å². The zero-order valence-corrected chi connectivity index (χ0v) is 10.6. The van der Waals surface area contributed by atoms with Gasteiger partial charge in [0.25, 0.3) is 0 Å². The number of ether oxygens (including phenoxy) is 1. The molecule has 0 aliphatic rings. The number of pyridine rings is 1. The Morgan fingerprint density at radius 3 is 3.00 bits per heavy atom. The summed E-state index contributed by atoms with van der Waals surface area (Å²) in [7, 11) is 1.63. The van der Waals surface area contributed by atoms with Crippen LogP contribution in [0.15, 0.2) is 11.6 Å². The number of methoxy groups -OCH3 is 1. The van der Waals surface area contributed by atoms with Gasteiger partial charge in [-0.2, -0.15) is 0 Å². The summed E-state index contributed by atoms with van der Waals surface area (Å²) in [5.74, 6) is 0.550. The van der Waals surface area contributed by atoms with Crippen molar-refractivity contribution < 1.29 is 9.53 Å². The topological polar surface area (TPSA) is 65.2 Å². The largest absolute Gasteiger partial charge is 0.383 e. The van der Waals surface area contributed by atoms with Gasteiger partial charge >= 0.3 is 0 Å². The van der Waals surface area contributed by atoms with Gasteiger partial charge in [0.2, 0.25) is 0 Å². The lowest BCUT2D eigenvalue weighted by atomic mass is 10.1. The van der Waals surface area contributed by atoms with Gasteiger partial charge in [0.05, 0.1) is 16.9 Å². The number of aromatic nitrogens is 1. The molecule has 0 spiro atoms. The molecule has 2 aromatic heterocycles. The van der Waals surface area contributed by atoms with Crippen LogP contribution in [-0.4, -0.2) is 17.9 Å². The predicted octanol–water partition coefficient (Wildman–Crippen LogP) is 2.62. The van der Waals surface area contributed by atoms with E-state index in [0.29, 0.717) is 24.4 Å². The standard InChI is InChI=1S/C12H14N2O2S/c1-3-9(15)8-4-14-12(13)10-7(5-16-2)6-17-11(8)10/h4,6H,3,5H2,1-2H3,(H2,13,14). The van der Waals surface area contributed by atoms with Gasteiger partial charge in [0, 0.05) is 25.1 Å². The molecule has 2 rings (SSSR count). The third-order valence-electron chi connectivity index (χ3n) is 2.62. The number of hydrogen-bond donors (Lipinski definition) is 1. The second kappa shape index (κ2) is 4.81. The Morgan fingerprint density at radius 2 is 2.35 bits per heavy atom. The number of carbonyl (C=O) groups is 1. The highest BCUT2D eigenvalue weighted by Gasteiger charge is 2.15. The fraction of sp³-hybridized carbons (Fsp3) is 0.333. The predicted molar refractivity (Wildman–Crippen MR) is 69.4 cm³/mol. The molecule has 2 heterocycles. The maximum atomic E-state index is 11.8. The summed E-state index contributed by atoms with van der Waals surface area (Å²) in [4.78, 5) is 15.9. The van der Waals surface area contributed by atoms with Crippen LogP contribution < -0.4 is 5.73 Å². The third kappa shape index (κ3) is 2.03. The van der Waals surface area contributed by atoms with E-state index in [1.807, 2.05) is 12.3 Å². The molecule has 2 aromatic rings. The number of nitrogen functional groups attached to an aromatic ring is 1. The molecule has 90 valence electrons. The van der Waals surface area contributed by atoms with Crippen LogP contribution >= 0.6 is 11.3 Å². The fourth-order valence-corrected chi connectivity index (χ4v) is 2.87. The van der Waals surface area contributed by atoms with Gasteiger partial charge in [-0.1, -0.05) is 6.92 Å². The van der Waals surface area contributed by atoms with E-state index < -0.39 is 0 Å². The van der Waals surface area contributed by atoms with Gasteiger partial charge in [-0.15, -0.1) is 11.3 Å². The molecule has 0 fully saturated rings. The highest BCUT2D eigenvalue weighted by Crippen LogP contribution is 2.33. The molecular weight excluding hydrogens is 236 g/mol. The average molecular weight is 250 g/mol. The summed E-state index contributed by atoms with van der Waals surface area (Å²) >= 11 is 1.52. The first kappa shape index (κ1) is 12.0. The van der Waals surface area contributed by atoms with Gasteiger partial charge in [0.15, 0.2) is 5.78 Å². The van der Waals surface area contributed by atoms with Gasteiger partial charge in [-0.25, -0.2) is 4.98 Å². The van der Waals surface area contributed by atoms with Crippen molar-refractivity contribution in [3.8, 4) is 0 Å². The van der Waals surface area contributed by atoms with Crippen LogP contribution in [0.2, 0.25) is 0 Å². The lowest BCUT2D eigenvalue weighted by Crippen LogP contribution is -2.01. The molecule has 0 aliphatic carbocycles. The van der Waals surface area contributed by atoms with E-state index >= 15 is 0 Å². The van der Waals surface area contributed by atoms with Crippen LogP contribution in [0.1, 0.15) is 29.3 Å². The van der Waals surface area contributed by atoms with Crippen LogP contribution in [0.25, 0.3) is 10.1 Å². The number of thiophene rings is 1. The molecule has 0 aliphatic heterocycles. The van der Waals surface area contributed by atoms with Crippen LogP contribution in [-0.2, 0) is 11.3 Å². The molecule has 4 nitrogen and oxygen atoms in total. The SMILES string of the molecule is CCC(=O)c1cnc(N)c2c(COC)csc12. The number of nitrogens with zero attached hydrogens (tertiary/aromatic N) is 1. The third-order valence-corrected chi connectivity index (χ3v) is 3.68. The quantitative estimate of drug-likeness (QED) is 0.847. The molecule has 0 unspecified atom stereocenters. The molecule has 0 saturated carbocycles. The second-order valence-corrected chi connectivity index (χ2v) is 4.61. The van der Waals surface area contributed by atoms with Crippen molar-refractivity contribution in [3.05, 3.63) is 22.7 Å². The summed E-state index contributed by atoms with van der Waals surface area (Å²) in [5.41, 5.74) is 7.52. The van der Waals surface area contributed by atoms with Crippen molar-refractivity contribution in [3.63, 3.8) is 0 Å². The van der Waals surface area contributed by atoms with Crippen molar-refractivity contribution in [2.45, 2.75) is 20.0 Å². The Hall–Kier alpha value is -1.46. The molecule has 17 heavy (non-hydrogen) atoms. The van der Waals surface area contributed by atoms with Crippen LogP contribution in [0.3, 0.4) is 0 Å². The summed E-state index contributed by atoms with van der Waals surface area (Å²) in [6.07, 6.45) is 2.04. The normalized spacial score (nSPS) is 10.9. The lowest BCUT2D eigenvalue weighted by molar-refractivity contribution is 0.0989. The van der Waals surface area contributed by atoms with Gasteiger partial charge in [0.1, 0.15) is 5.82 Å². The number of fused-ring (bicyclic) bond motifs is 1. The second-order valence-electron chi connectivity index (χ2n) is 3.73. The first-order valence-electron chi connectivity index (χ1n) is 5.35.